The van der Waals surface area contributed by atoms with Crippen molar-refractivity contribution in [2.45, 2.75) is 26.8 Å². The van der Waals surface area contributed by atoms with E-state index in [1.165, 1.54) is 7.05 Å². The van der Waals surface area contributed by atoms with Gasteiger partial charge in [-0.15, -0.1) is 0 Å². The average Bonchev–Trinajstić information content (AvgIpc) is 2.34. The van der Waals surface area contributed by atoms with Crippen molar-refractivity contribution in [1.82, 2.24) is 5.32 Å². The van der Waals surface area contributed by atoms with E-state index in [0.29, 0.717) is 16.9 Å². The lowest BCUT2D eigenvalue weighted by Gasteiger charge is -2.17. The van der Waals surface area contributed by atoms with Crippen molar-refractivity contribution in [3.05, 3.63) is 28.3 Å². The van der Waals surface area contributed by atoms with Crippen LogP contribution in [0.4, 0.5) is 0 Å². The third-order valence-electron chi connectivity index (χ3n) is 3.31. The number of carbonyl (C=O) groups excluding carboxylic acids is 1. The predicted molar refractivity (Wildman–Crippen MR) is 72.0 cm³/mol. The molecule has 1 atom stereocenters. The van der Waals surface area contributed by atoms with Crippen LogP contribution >= 0.6 is 0 Å². The Kier molecular flexibility index (Phi) is 4.67. The molecule has 0 saturated heterocycles. The highest BCUT2D eigenvalue weighted by Gasteiger charge is 2.28. The van der Waals surface area contributed by atoms with E-state index in [2.05, 4.69) is 5.32 Å². The molecule has 5 nitrogen and oxygen atoms in total. The van der Waals surface area contributed by atoms with E-state index in [1.54, 1.807) is 27.0 Å². The van der Waals surface area contributed by atoms with Crippen molar-refractivity contribution in [2.75, 3.05) is 14.2 Å². The monoisotopic (exact) mass is 265 g/mol. The topological polar surface area (TPSA) is 75.6 Å². The van der Waals surface area contributed by atoms with Gasteiger partial charge in [0.2, 0.25) is 0 Å². The summed E-state index contributed by atoms with van der Waals surface area (Å²) in [5, 5.41) is 11.6. The first-order chi connectivity index (χ1) is 8.84. The summed E-state index contributed by atoms with van der Waals surface area (Å²) in [5.74, 6) is -0.918. The Morgan fingerprint density at radius 2 is 1.84 bits per heavy atom. The lowest BCUT2D eigenvalue weighted by Crippen LogP contribution is -2.41. The second kappa shape index (κ2) is 5.84. The number of likely N-dealkylation sites (N-methyl/N-ethyl adjacent to an activating group) is 1. The summed E-state index contributed by atoms with van der Waals surface area (Å²) < 4.78 is 5.23. The van der Waals surface area contributed by atoms with Gasteiger partial charge < -0.3 is 15.2 Å². The smallest absolute Gasteiger partial charge is 0.328 e. The number of methoxy groups -OCH3 is 1. The van der Waals surface area contributed by atoms with Gasteiger partial charge in [0.15, 0.2) is 11.8 Å². The van der Waals surface area contributed by atoms with Crippen LogP contribution in [-0.4, -0.2) is 37.1 Å². The number of carbonyl (C=O) groups is 2. The molecule has 1 aromatic rings. The highest BCUT2D eigenvalue weighted by atomic mass is 16.5. The van der Waals surface area contributed by atoms with Gasteiger partial charge >= 0.3 is 5.97 Å². The average molecular weight is 265 g/mol. The lowest BCUT2D eigenvalue weighted by atomic mass is 9.91. The summed E-state index contributed by atoms with van der Waals surface area (Å²) in [6, 6.07) is 0.523. The van der Waals surface area contributed by atoms with Gasteiger partial charge in [0.25, 0.3) is 0 Å². The molecule has 0 radical (unpaired) electrons. The van der Waals surface area contributed by atoms with Gasteiger partial charge in [-0.05, 0) is 50.6 Å². The molecular weight excluding hydrogens is 246 g/mol. The number of rotatable bonds is 5. The number of carboxylic acid groups (broad SMARTS) is 1. The summed E-state index contributed by atoms with van der Waals surface area (Å²) >= 11 is 0. The molecule has 5 heteroatoms. The van der Waals surface area contributed by atoms with Crippen LogP contribution in [-0.2, 0) is 4.79 Å². The molecule has 1 aromatic carbocycles. The molecule has 0 heterocycles. The molecule has 104 valence electrons. The molecular formula is C14H19NO4. The van der Waals surface area contributed by atoms with E-state index < -0.39 is 17.8 Å². The fraction of sp³-hybridized carbons (Fsp3) is 0.429. The second-order valence-electron chi connectivity index (χ2n) is 4.44. The summed E-state index contributed by atoms with van der Waals surface area (Å²) in [7, 11) is 3.02. The standard InChI is InChI=1S/C14H19NO4/c1-7-6-10(19-5)8(2)9(3)11(7)13(16)12(15-4)14(17)18/h6,12,15H,1-5H3,(H,17,18). The minimum atomic E-state index is -1.23. The zero-order valence-corrected chi connectivity index (χ0v) is 11.8. The van der Waals surface area contributed by atoms with E-state index >= 15 is 0 Å². The molecule has 0 saturated carbocycles. The number of carboxylic acids is 1. The molecule has 0 spiro atoms. The molecule has 1 rings (SSSR count). The molecule has 0 aliphatic heterocycles. The Morgan fingerprint density at radius 1 is 1.26 bits per heavy atom. The molecule has 0 fully saturated rings. The number of ether oxygens (including phenoxy) is 1. The third-order valence-corrected chi connectivity index (χ3v) is 3.31. The van der Waals surface area contributed by atoms with Crippen LogP contribution < -0.4 is 10.1 Å². The minimum Gasteiger partial charge on any atom is -0.496 e. The summed E-state index contributed by atoms with van der Waals surface area (Å²) in [4.78, 5) is 23.4. The Labute approximate surface area is 112 Å². The highest BCUT2D eigenvalue weighted by Crippen LogP contribution is 2.28. The fourth-order valence-corrected chi connectivity index (χ4v) is 2.15. The van der Waals surface area contributed by atoms with E-state index in [9.17, 15) is 9.59 Å². The summed E-state index contributed by atoms with van der Waals surface area (Å²) in [6.45, 7) is 5.42. The van der Waals surface area contributed by atoms with Gasteiger partial charge in [-0.2, -0.15) is 0 Å². The Morgan fingerprint density at radius 3 is 2.26 bits per heavy atom. The van der Waals surface area contributed by atoms with Crippen LogP contribution in [0, 0.1) is 20.8 Å². The number of hydrogen-bond acceptors (Lipinski definition) is 4. The van der Waals surface area contributed by atoms with Gasteiger partial charge in [-0.25, -0.2) is 0 Å². The van der Waals surface area contributed by atoms with E-state index in [0.717, 1.165) is 11.1 Å². The third kappa shape index (κ3) is 2.76. The van der Waals surface area contributed by atoms with E-state index in [4.69, 9.17) is 9.84 Å². The van der Waals surface area contributed by atoms with Gasteiger partial charge in [0.05, 0.1) is 7.11 Å². The van der Waals surface area contributed by atoms with Crippen molar-refractivity contribution >= 4 is 11.8 Å². The summed E-state index contributed by atoms with van der Waals surface area (Å²) in [6.07, 6.45) is 0. The quantitative estimate of drug-likeness (QED) is 0.623. The molecule has 0 bridgehead atoms. The first-order valence-corrected chi connectivity index (χ1v) is 5.94. The predicted octanol–water partition coefficient (Wildman–Crippen LogP) is 1.48. The van der Waals surface area contributed by atoms with Gasteiger partial charge in [0, 0.05) is 5.56 Å². The lowest BCUT2D eigenvalue weighted by molar-refractivity contribution is -0.137. The Balaban J connectivity index is 3.39. The van der Waals surface area contributed by atoms with Gasteiger partial charge in [-0.1, -0.05) is 0 Å². The van der Waals surface area contributed by atoms with Crippen molar-refractivity contribution in [3.63, 3.8) is 0 Å². The number of aliphatic carboxylic acids is 1. The largest absolute Gasteiger partial charge is 0.496 e. The van der Waals surface area contributed by atoms with Crippen molar-refractivity contribution in [1.29, 1.82) is 0 Å². The maximum Gasteiger partial charge on any atom is 0.328 e. The fourth-order valence-electron chi connectivity index (χ4n) is 2.15. The van der Waals surface area contributed by atoms with Crippen LogP contribution in [0.3, 0.4) is 0 Å². The van der Waals surface area contributed by atoms with Crippen molar-refractivity contribution in [2.24, 2.45) is 0 Å². The number of aryl methyl sites for hydroxylation is 1. The summed E-state index contributed by atoms with van der Waals surface area (Å²) in [5.41, 5.74) is 2.76. The van der Waals surface area contributed by atoms with Crippen LogP contribution in [0.2, 0.25) is 0 Å². The molecule has 0 amide bonds. The van der Waals surface area contributed by atoms with Crippen LogP contribution in [0.15, 0.2) is 6.07 Å². The number of nitrogens with one attached hydrogen (secondary N) is 1. The number of ketones is 1. The van der Waals surface area contributed by atoms with Crippen LogP contribution in [0.5, 0.6) is 5.75 Å². The van der Waals surface area contributed by atoms with Crippen molar-refractivity contribution < 1.29 is 19.4 Å². The SMILES string of the molecule is CNC(C(=O)O)C(=O)c1c(C)cc(OC)c(C)c1C. The maximum absolute atomic E-state index is 12.3. The molecule has 0 aromatic heterocycles. The Bertz CT molecular complexity index is 523. The van der Waals surface area contributed by atoms with Crippen LogP contribution in [0.1, 0.15) is 27.0 Å². The van der Waals surface area contributed by atoms with Crippen molar-refractivity contribution in [3.8, 4) is 5.75 Å². The van der Waals surface area contributed by atoms with E-state index in [-0.39, 0.29) is 0 Å². The number of hydrogen-bond donors (Lipinski definition) is 2. The van der Waals surface area contributed by atoms with E-state index in [1.807, 2.05) is 6.92 Å². The van der Waals surface area contributed by atoms with Crippen LogP contribution in [0.25, 0.3) is 0 Å². The highest BCUT2D eigenvalue weighted by molar-refractivity contribution is 6.13. The Hall–Kier alpha value is -1.88. The number of Topliss-reactive ketones (excluding diaryl/α,β-unsaturated/α-hetero) is 1. The zero-order valence-electron chi connectivity index (χ0n) is 11.8. The molecule has 0 aliphatic carbocycles. The first kappa shape index (κ1) is 15.2. The molecule has 19 heavy (non-hydrogen) atoms. The zero-order chi connectivity index (χ0) is 14.7. The molecule has 1 unspecified atom stereocenters. The molecule has 2 N–H and O–H groups in total. The molecule has 0 aliphatic rings. The second-order valence-corrected chi connectivity index (χ2v) is 4.44. The van der Waals surface area contributed by atoms with Gasteiger partial charge in [-0.3, -0.25) is 9.59 Å². The maximum atomic E-state index is 12.3. The normalized spacial score (nSPS) is 12.1. The number of benzene rings is 1. The first-order valence-electron chi connectivity index (χ1n) is 5.94. The minimum absolute atomic E-state index is 0.434. The van der Waals surface area contributed by atoms with Gasteiger partial charge in [0.1, 0.15) is 5.75 Å².